The van der Waals surface area contributed by atoms with Gasteiger partial charge in [-0.1, -0.05) is 84.9 Å². The highest BCUT2D eigenvalue weighted by Gasteiger charge is 2.33. The number of hydrogen-bond acceptors (Lipinski definition) is 12. The number of pyridine rings is 2. The van der Waals surface area contributed by atoms with Gasteiger partial charge < -0.3 is 15.5 Å². The monoisotopic (exact) mass is 720 g/mol. The van der Waals surface area contributed by atoms with Crippen molar-refractivity contribution in [1.82, 2.24) is 24.9 Å². The first kappa shape index (κ1) is 33.1. The Hall–Kier alpha value is -7.73. The van der Waals surface area contributed by atoms with Gasteiger partial charge in [-0.25, -0.2) is 0 Å². The van der Waals surface area contributed by atoms with Gasteiger partial charge in [-0.3, -0.25) is 29.1 Å². The molecule has 0 saturated carbocycles. The Labute approximate surface area is 314 Å². The maximum Gasteiger partial charge on any atom is 0.233 e. The molecule has 4 aromatic carbocycles. The highest BCUT2D eigenvalue weighted by atomic mass is 16.1. The van der Waals surface area contributed by atoms with Crippen molar-refractivity contribution in [3.8, 4) is 0 Å². The zero-order valence-corrected chi connectivity index (χ0v) is 28.9. The fourth-order valence-electron chi connectivity index (χ4n) is 6.93. The molecule has 2 aliphatic carbocycles. The average Bonchev–Trinajstić information content (AvgIpc) is 3.22. The summed E-state index contributed by atoms with van der Waals surface area (Å²) in [5.74, 6) is -0.849. The maximum atomic E-state index is 13.9. The smallest absolute Gasteiger partial charge is 0.233 e. The second-order valence-electron chi connectivity index (χ2n) is 12.9. The third kappa shape index (κ3) is 6.07. The molecular weight excluding hydrogens is 693 g/mol. The van der Waals surface area contributed by atoms with Crippen molar-refractivity contribution in [1.29, 1.82) is 0 Å². The fourth-order valence-corrected chi connectivity index (χ4v) is 6.93. The number of ketones is 4. The number of carbonyl (C=O) groups excluding carboxylic acids is 4. The van der Waals surface area contributed by atoms with E-state index in [0.29, 0.717) is 33.6 Å². The van der Waals surface area contributed by atoms with Crippen LogP contribution in [0, 0.1) is 0 Å². The summed E-state index contributed by atoms with van der Waals surface area (Å²) in [4.78, 5) is 80.2. The summed E-state index contributed by atoms with van der Waals surface area (Å²) in [6.45, 7) is 0.574. The molecule has 0 fully saturated rings. The third-order valence-electron chi connectivity index (χ3n) is 9.46. The number of carbonyl (C=O) groups is 4. The lowest BCUT2D eigenvalue weighted by molar-refractivity contribution is 0.0979. The number of hydrogen-bond donors (Lipinski definition) is 2. The average molecular weight is 721 g/mol. The molecule has 0 spiro atoms. The summed E-state index contributed by atoms with van der Waals surface area (Å²) in [6, 6.07) is 34.7. The Morgan fingerprint density at radius 2 is 0.818 bits per heavy atom. The molecule has 264 valence electrons. The summed E-state index contributed by atoms with van der Waals surface area (Å²) in [5, 5.41) is 6.40. The second kappa shape index (κ2) is 13.7. The van der Waals surface area contributed by atoms with Gasteiger partial charge in [0.05, 0.1) is 47.0 Å². The van der Waals surface area contributed by atoms with E-state index in [1.54, 1.807) is 97.3 Å². The van der Waals surface area contributed by atoms with Gasteiger partial charge in [-0.2, -0.15) is 15.0 Å². The normalized spacial score (nSPS) is 12.7. The molecule has 12 heteroatoms. The first-order valence-corrected chi connectivity index (χ1v) is 17.4. The van der Waals surface area contributed by atoms with Crippen LogP contribution in [-0.4, -0.2) is 48.1 Å². The van der Waals surface area contributed by atoms with Crippen molar-refractivity contribution in [2.24, 2.45) is 0 Å². The van der Waals surface area contributed by atoms with Gasteiger partial charge in [0.25, 0.3) is 0 Å². The molecule has 0 unspecified atom stereocenters. The molecule has 0 saturated heterocycles. The molecule has 0 aliphatic heterocycles. The van der Waals surface area contributed by atoms with Crippen molar-refractivity contribution in [2.45, 2.75) is 13.1 Å². The molecule has 12 nitrogen and oxygen atoms in total. The van der Waals surface area contributed by atoms with Crippen LogP contribution < -0.4 is 15.5 Å². The first-order chi connectivity index (χ1) is 26.9. The van der Waals surface area contributed by atoms with Crippen molar-refractivity contribution in [2.75, 3.05) is 15.5 Å². The Kier molecular flexibility index (Phi) is 8.24. The van der Waals surface area contributed by atoms with Crippen molar-refractivity contribution in [3.63, 3.8) is 0 Å². The highest BCUT2D eigenvalue weighted by Crippen LogP contribution is 2.35. The summed E-state index contributed by atoms with van der Waals surface area (Å²) >= 11 is 0. The van der Waals surface area contributed by atoms with Gasteiger partial charge in [-0.05, 0) is 36.4 Å². The van der Waals surface area contributed by atoms with Gasteiger partial charge in [0.2, 0.25) is 17.8 Å². The van der Waals surface area contributed by atoms with Gasteiger partial charge >= 0.3 is 0 Å². The molecule has 0 radical (unpaired) electrons. The topological polar surface area (TPSA) is 160 Å². The van der Waals surface area contributed by atoms with E-state index in [-0.39, 0.29) is 76.3 Å². The predicted octanol–water partition coefficient (Wildman–Crippen LogP) is 6.91. The summed E-state index contributed by atoms with van der Waals surface area (Å²) in [7, 11) is 0. The summed E-state index contributed by atoms with van der Waals surface area (Å²) in [5.41, 5.74) is 4.32. The van der Waals surface area contributed by atoms with E-state index >= 15 is 0 Å². The van der Waals surface area contributed by atoms with Crippen LogP contribution in [0.5, 0.6) is 0 Å². The number of anilines is 5. The summed E-state index contributed by atoms with van der Waals surface area (Å²) in [6.07, 6.45) is 3.40. The fraction of sp³-hybridized carbons (Fsp3) is 0.0465. The van der Waals surface area contributed by atoms with Crippen LogP contribution in [0.1, 0.15) is 75.1 Å². The quantitative estimate of drug-likeness (QED) is 0.159. The predicted molar refractivity (Wildman–Crippen MR) is 204 cm³/mol. The van der Waals surface area contributed by atoms with Gasteiger partial charge in [0, 0.05) is 45.8 Å². The molecule has 2 N–H and O–H groups in total. The minimum absolute atomic E-state index is 0.0459. The van der Waals surface area contributed by atoms with Crippen LogP contribution in [0.2, 0.25) is 0 Å². The minimum atomic E-state index is -0.313. The minimum Gasteiger partial charge on any atom is -0.329 e. The van der Waals surface area contributed by atoms with Crippen LogP contribution in [0.25, 0.3) is 0 Å². The molecule has 7 aromatic rings. The SMILES string of the molecule is O=C1c2ccccc2C(=O)c2c(Nc3nc(Nc4cccc5c4C(=O)c4ccccc4C5=O)nc(N(Cc4ccccn4)Cc4ccccn4)n3)cccc21. The van der Waals surface area contributed by atoms with Crippen LogP contribution in [0.15, 0.2) is 134 Å². The van der Waals surface area contributed by atoms with Crippen LogP contribution in [0.3, 0.4) is 0 Å². The summed E-state index contributed by atoms with van der Waals surface area (Å²) < 4.78 is 0. The van der Waals surface area contributed by atoms with Crippen LogP contribution >= 0.6 is 0 Å². The number of benzene rings is 4. The van der Waals surface area contributed by atoms with E-state index in [4.69, 9.17) is 15.0 Å². The van der Waals surface area contributed by atoms with Crippen molar-refractivity contribution >= 4 is 52.4 Å². The molecule has 2 aliphatic rings. The third-order valence-corrected chi connectivity index (χ3v) is 9.46. The van der Waals surface area contributed by atoms with Crippen LogP contribution in [-0.2, 0) is 13.1 Å². The molecule has 3 heterocycles. The van der Waals surface area contributed by atoms with E-state index in [0.717, 1.165) is 11.4 Å². The molecular formula is C43H28N8O4. The Morgan fingerprint density at radius 1 is 0.418 bits per heavy atom. The Balaban J connectivity index is 1.16. The van der Waals surface area contributed by atoms with Crippen molar-refractivity contribution in [3.05, 3.63) is 190 Å². The van der Waals surface area contributed by atoms with E-state index in [9.17, 15) is 19.2 Å². The Morgan fingerprint density at radius 3 is 1.24 bits per heavy atom. The molecule has 55 heavy (non-hydrogen) atoms. The first-order valence-electron chi connectivity index (χ1n) is 17.4. The largest absolute Gasteiger partial charge is 0.329 e. The Bertz CT molecular complexity index is 2520. The molecule has 9 rings (SSSR count). The number of nitrogens with zero attached hydrogens (tertiary/aromatic N) is 6. The number of fused-ring (bicyclic) bond motifs is 4. The lowest BCUT2D eigenvalue weighted by Gasteiger charge is -2.24. The van der Waals surface area contributed by atoms with Gasteiger partial charge in [0.1, 0.15) is 0 Å². The molecule has 0 atom stereocenters. The van der Waals surface area contributed by atoms with E-state index in [2.05, 4.69) is 20.6 Å². The van der Waals surface area contributed by atoms with Crippen LogP contribution in [0.4, 0.5) is 29.2 Å². The second-order valence-corrected chi connectivity index (χ2v) is 12.9. The van der Waals surface area contributed by atoms with E-state index in [1.807, 2.05) is 41.3 Å². The maximum absolute atomic E-state index is 13.9. The lowest BCUT2D eigenvalue weighted by Crippen LogP contribution is -2.26. The number of rotatable bonds is 9. The van der Waals surface area contributed by atoms with E-state index in [1.165, 1.54) is 0 Å². The van der Waals surface area contributed by atoms with E-state index < -0.39 is 0 Å². The van der Waals surface area contributed by atoms with Gasteiger partial charge in [-0.15, -0.1) is 0 Å². The zero-order chi connectivity index (χ0) is 37.5. The zero-order valence-electron chi connectivity index (χ0n) is 28.9. The molecule has 3 aromatic heterocycles. The number of nitrogens with one attached hydrogen (secondary N) is 2. The molecule has 0 amide bonds. The number of aromatic nitrogens is 5. The highest BCUT2D eigenvalue weighted by molar-refractivity contribution is 6.31. The lowest BCUT2D eigenvalue weighted by atomic mass is 9.83. The molecule has 0 bridgehead atoms. The van der Waals surface area contributed by atoms with Crippen molar-refractivity contribution < 1.29 is 19.2 Å². The standard InChI is InChI=1S/C43H28N8O4/c52-37-27-13-1-3-15-29(27)39(54)35-31(37)17-9-19-33(35)46-41-48-42(47-34-20-10-18-32-36(34)40(55)30-16-4-2-14-28(30)38(32)53)50-43(49-41)51(23-25-11-5-7-21-44-25)24-26-12-6-8-22-45-26/h1-22H,23-24H2,(H2,46,47,48,49,50). The van der Waals surface area contributed by atoms with Gasteiger partial charge in [0.15, 0.2) is 23.1 Å².